The van der Waals surface area contributed by atoms with Crippen LogP contribution in [0.15, 0.2) is 24.3 Å². The van der Waals surface area contributed by atoms with Gasteiger partial charge in [0.2, 0.25) is 5.91 Å². The summed E-state index contributed by atoms with van der Waals surface area (Å²) in [6.45, 7) is 6.26. The van der Waals surface area contributed by atoms with Crippen LogP contribution in [0.3, 0.4) is 0 Å². The number of anilines is 2. The Hall–Kier alpha value is -1.92. The van der Waals surface area contributed by atoms with Gasteiger partial charge in [-0.2, -0.15) is 0 Å². The molecule has 3 heterocycles. The summed E-state index contributed by atoms with van der Waals surface area (Å²) in [6.07, 6.45) is 4.13. The van der Waals surface area contributed by atoms with Crippen molar-refractivity contribution in [2.75, 3.05) is 56.1 Å². The third-order valence-electron chi connectivity index (χ3n) is 6.21. The van der Waals surface area contributed by atoms with Crippen LogP contribution in [-0.2, 0) is 9.59 Å². The molecule has 6 heteroatoms. The Morgan fingerprint density at radius 3 is 2.15 bits per heavy atom. The van der Waals surface area contributed by atoms with Gasteiger partial charge in [0.05, 0.1) is 19.2 Å². The molecule has 2 amide bonds. The summed E-state index contributed by atoms with van der Waals surface area (Å²) in [4.78, 5) is 32.1. The number of nitrogens with one attached hydrogen (secondary N) is 2. The van der Waals surface area contributed by atoms with Crippen molar-refractivity contribution in [3.05, 3.63) is 24.3 Å². The molecule has 4 rings (SSSR count). The Bertz CT molecular complexity index is 661. The molecule has 1 aromatic rings. The van der Waals surface area contributed by atoms with Crippen LogP contribution < -0.4 is 19.6 Å². The van der Waals surface area contributed by atoms with Crippen LogP contribution in [0.2, 0.25) is 0 Å². The number of rotatable bonds is 3. The number of quaternary nitrogens is 2. The minimum absolute atomic E-state index is 0.0183. The first-order valence-corrected chi connectivity index (χ1v) is 10.0. The fourth-order valence-corrected chi connectivity index (χ4v) is 4.53. The Labute approximate surface area is 155 Å². The number of imide groups is 1. The molecule has 3 fully saturated rings. The van der Waals surface area contributed by atoms with E-state index in [1.54, 1.807) is 0 Å². The van der Waals surface area contributed by atoms with Crippen molar-refractivity contribution in [1.82, 2.24) is 0 Å². The van der Waals surface area contributed by atoms with Crippen LogP contribution in [0.4, 0.5) is 11.4 Å². The molecular weight excluding hydrogens is 328 g/mol. The van der Waals surface area contributed by atoms with Gasteiger partial charge in [-0.05, 0) is 43.5 Å². The maximum Gasteiger partial charge on any atom is 0.292 e. The lowest BCUT2D eigenvalue weighted by molar-refractivity contribution is -1.01. The average Bonchev–Trinajstić information content (AvgIpc) is 2.97. The topological polar surface area (TPSA) is 49.5 Å². The Balaban J connectivity index is 1.46. The number of hydrogen-bond acceptors (Lipinski definition) is 3. The van der Waals surface area contributed by atoms with Gasteiger partial charge >= 0.3 is 0 Å². The molecule has 0 aromatic heterocycles. The van der Waals surface area contributed by atoms with Crippen LogP contribution in [0, 0.1) is 0 Å². The van der Waals surface area contributed by atoms with E-state index in [-0.39, 0.29) is 17.9 Å². The van der Waals surface area contributed by atoms with Crippen molar-refractivity contribution in [3.63, 3.8) is 0 Å². The number of carbonyl (C=O) groups excluding carboxylic acids is 2. The lowest BCUT2D eigenvalue weighted by atomic mass is 10.1. The number of benzene rings is 1. The highest BCUT2D eigenvalue weighted by molar-refractivity contribution is 6.21. The predicted octanol–water partition coefficient (Wildman–Crippen LogP) is -1.28. The second-order valence-corrected chi connectivity index (χ2v) is 8.00. The van der Waals surface area contributed by atoms with E-state index in [1.807, 2.05) is 12.1 Å². The number of piperazine rings is 1. The second-order valence-electron chi connectivity index (χ2n) is 8.00. The molecule has 2 N–H and O–H groups in total. The average molecular weight is 358 g/mol. The molecule has 0 radical (unpaired) electrons. The van der Waals surface area contributed by atoms with E-state index in [9.17, 15) is 9.59 Å². The highest BCUT2D eigenvalue weighted by Crippen LogP contribution is 2.26. The smallest absolute Gasteiger partial charge is 0.292 e. The molecule has 0 saturated carbocycles. The standard InChI is InChI=1S/C20H28N4O2/c1-21-11-13-23(14-12-21)18-15-19(25)24(20(18)26)17-7-5-16(6-8-17)22-9-3-2-4-10-22/h5-8,18H,2-4,9-15H2,1H3/p+2/t18-/m0/s1. The monoisotopic (exact) mass is 358 g/mol. The molecule has 1 atom stereocenters. The van der Waals surface area contributed by atoms with Gasteiger partial charge in [-0.3, -0.25) is 9.59 Å². The number of carbonyl (C=O) groups is 2. The maximum absolute atomic E-state index is 13.0. The number of hydrogen-bond donors (Lipinski definition) is 2. The molecule has 0 aliphatic carbocycles. The van der Waals surface area contributed by atoms with E-state index in [2.05, 4.69) is 24.1 Å². The normalized spacial score (nSPS) is 30.1. The Morgan fingerprint density at radius 2 is 1.50 bits per heavy atom. The molecule has 3 aliphatic heterocycles. The zero-order chi connectivity index (χ0) is 18.1. The zero-order valence-electron chi connectivity index (χ0n) is 15.7. The van der Waals surface area contributed by atoms with Crippen molar-refractivity contribution in [2.45, 2.75) is 31.7 Å². The molecule has 26 heavy (non-hydrogen) atoms. The molecule has 0 unspecified atom stereocenters. The van der Waals surface area contributed by atoms with E-state index < -0.39 is 0 Å². The Morgan fingerprint density at radius 1 is 0.885 bits per heavy atom. The summed E-state index contributed by atoms with van der Waals surface area (Å²) in [5, 5.41) is 0. The van der Waals surface area contributed by atoms with Crippen LogP contribution >= 0.6 is 0 Å². The van der Waals surface area contributed by atoms with Gasteiger partial charge in [-0.15, -0.1) is 0 Å². The summed E-state index contributed by atoms with van der Waals surface area (Å²) >= 11 is 0. The first kappa shape index (κ1) is 17.5. The lowest BCUT2D eigenvalue weighted by Gasteiger charge is -2.30. The fraction of sp³-hybridized carbons (Fsp3) is 0.600. The fourth-order valence-electron chi connectivity index (χ4n) is 4.53. The van der Waals surface area contributed by atoms with E-state index in [0.29, 0.717) is 6.42 Å². The minimum atomic E-state index is -0.197. The summed E-state index contributed by atoms with van der Waals surface area (Å²) in [7, 11) is 2.19. The van der Waals surface area contributed by atoms with Gasteiger partial charge in [-0.1, -0.05) is 0 Å². The second kappa shape index (κ2) is 7.37. The van der Waals surface area contributed by atoms with Crippen molar-refractivity contribution >= 4 is 23.2 Å². The van der Waals surface area contributed by atoms with Gasteiger partial charge in [0, 0.05) is 18.8 Å². The van der Waals surface area contributed by atoms with Gasteiger partial charge < -0.3 is 14.7 Å². The molecule has 3 saturated heterocycles. The number of piperidine rings is 1. The molecule has 0 spiro atoms. The number of likely N-dealkylation sites (N-methyl/N-ethyl adjacent to an activating group) is 1. The van der Waals surface area contributed by atoms with E-state index in [1.165, 1.54) is 39.6 Å². The van der Waals surface area contributed by atoms with Crippen LogP contribution in [0.25, 0.3) is 0 Å². The largest absolute Gasteiger partial charge is 0.372 e. The highest BCUT2D eigenvalue weighted by Gasteiger charge is 2.46. The van der Waals surface area contributed by atoms with Gasteiger partial charge in [0.15, 0.2) is 6.04 Å². The molecule has 6 nitrogen and oxygen atoms in total. The summed E-state index contributed by atoms with van der Waals surface area (Å²) in [6, 6.07) is 7.79. The number of nitrogens with zero attached hydrogens (tertiary/aromatic N) is 2. The van der Waals surface area contributed by atoms with Crippen molar-refractivity contribution in [2.24, 2.45) is 0 Å². The molecule has 140 valence electrons. The van der Waals surface area contributed by atoms with Crippen molar-refractivity contribution in [3.8, 4) is 0 Å². The van der Waals surface area contributed by atoms with E-state index in [4.69, 9.17) is 0 Å². The zero-order valence-corrected chi connectivity index (χ0v) is 15.7. The first-order valence-electron chi connectivity index (χ1n) is 10.0. The highest BCUT2D eigenvalue weighted by atomic mass is 16.2. The molecule has 0 bridgehead atoms. The maximum atomic E-state index is 13.0. The summed E-state index contributed by atoms with van der Waals surface area (Å²) < 4.78 is 0. The van der Waals surface area contributed by atoms with Gasteiger partial charge in [-0.25, -0.2) is 4.90 Å². The molecular formula is C20H30N4O2+2. The SMILES string of the molecule is C[NH+]1CC[NH+]([C@H]2CC(=O)N(c3ccc(N4CCCCC4)cc3)C2=O)CC1. The van der Waals surface area contributed by atoms with E-state index >= 15 is 0 Å². The van der Waals surface area contributed by atoms with E-state index in [0.717, 1.165) is 45.0 Å². The first-order chi connectivity index (χ1) is 12.6. The van der Waals surface area contributed by atoms with Crippen LogP contribution in [-0.4, -0.2) is 64.2 Å². The minimum Gasteiger partial charge on any atom is -0.372 e. The van der Waals surface area contributed by atoms with Crippen LogP contribution in [0.5, 0.6) is 0 Å². The van der Waals surface area contributed by atoms with Gasteiger partial charge in [0.25, 0.3) is 5.91 Å². The van der Waals surface area contributed by atoms with Crippen molar-refractivity contribution < 1.29 is 19.4 Å². The van der Waals surface area contributed by atoms with Crippen LogP contribution in [0.1, 0.15) is 25.7 Å². The predicted molar refractivity (Wildman–Crippen MR) is 101 cm³/mol. The summed E-state index contributed by atoms with van der Waals surface area (Å²) in [5.74, 6) is -0.0697. The quantitative estimate of drug-likeness (QED) is 0.662. The number of amides is 2. The molecule has 1 aromatic carbocycles. The van der Waals surface area contributed by atoms with Gasteiger partial charge in [0.1, 0.15) is 26.2 Å². The third-order valence-corrected chi connectivity index (χ3v) is 6.21. The molecule has 3 aliphatic rings. The summed E-state index contributed by atoms with van der Waals surface area (Å²) in [5.41, 5.74) is 1.92. The third kappa shape index (κ3) is 3.35. The van der Waals surface area contributed by atoms with Crippen molar-refractivity contribution in [1.29, 1.82) is 0 Å². The Kier molecular flexibility index (Phi) is 4.96. The lowest BCUT2D eigenvalue weighted by Crippen LogP contribution is -3.29.